The van der Waals surface area contributed by atoms with E-state index >= 15 is 0 Å². The van der Waals surface area contributed by atoms with Crippen molar-refractivity contribution in [1.29, 1.82) is 0 Å². The predicted molar refractivity (Wildman–Crippen MR) is 117 cm³/mol. The first-order valence-corrected chi connectivity index (χ1v) is 11.5. The fraction of sp³-hybridized carbons (Fsp3) is 0.409. The van der Waals surface area contributed by atoms with E-state index in [1.807, 2.05) is 39.8 Å². The summed E-state index contributed by atoms with van der Waals surface area (Å²) < 4.78 is 40.0. The Hall–Kier alpha value is -2.58. The number of benzene rings is 2. The van der Waals surface area contributed by atoms with Gasteiger partial charge in [-0.1, -0.05) is 19.9 Å². The third-order valence-electron chi connectivity index (χ3n) is 4.36. The molecular formula is C22H30N2O5S. The Morgan fingerprint density at radius 2 is 1.57 bits per heavy atom. The van der Waals surface area contributed by atoms with Crippen molar-refractivity contribution < 1.29 is 22.7 Å². The van der Waals surface area contributed by atoms with Gasteiger partial charge < -0.3 is 14.8 Å². The predicted octanol–water partition coefficient (Wildman–Crippen LogP) is 4.12. The molecule has 0 bridgehead atoms. The van der Waals surface area contributed by atoms with Gasteiger partial charge in [0.2, 0.25) is 15.9 Å². The Balaban J connectivity index is 2.32. The number of anilines is 1. The van der Waals surface area contributed by atoms with Crippen molar-refractivity contribution in [2.24, 2.45) is 5.92 Å². The number of rotatable bonds is 10. The zero-order valence-corrected chi connectivity index (χ0v) is 18.9. The van der Waals surface area contributed by atoms with Crippen molar-refractivity contribution in [2.75, 3.05) is 18.5 Å². The first-order valence-electron chi connectivity index (χ1n) is 9.97. The lowest BCUT2D eigenvalue weighted by Crippen LogP contribution is -2.31. The summed E-state index contributed by atoms with van der Waals surface area (Å²) in [5.74, 6) is 0.985. The summed E-state index contributed by atoms with van der Waals surface area (Å²) in [5.41, 5.74) is 1.32. The summed E-state index contributed by atoms with van der Waals surface area (Å²) in [6.07, 6.45) is 0. The zero-order chi connectivity index (χ0) is 22.3. The number of carbonyl (C=O) groups excluding carboxylic acids is 1. The smallest absolute Gasteiger partial charge is 0.241 e. The standard InChI is InChI=1S/C22H30N2O5S/c1-6-28-20-13-8-17(14-21(20)29-7-2)22(15(3)4)24-30(26,27)19-11-9-18(10-12-19)23-16(5)25/h8-15,22,24H,6-7H2,1-5H3,(H,23,25). The highest BCUT2D eigenvalue weighted by Gasteiger charge is 2.25. The minimum atomic E-state index is -3.78. The molecule has 30 heavy (non-hydrogen) atoms. The van der Waals surface area contributed by atoms with E-state index in [0.29, 0.717) is 30.4 Å². The van der Waals surface area contributed by atoms with Gasteiger partial charge in [0.1, 0.15) is 0 Å². The molecule has 7 nitrogen and oxygen atoms in total. The first kappa shape index (κ1) is 23.7. The normalized spacial score (nSPS) is 12.5. The summed E-state index contributed by atoms with van der Waals surface area (Å²) in [6.45, 7) is 10.1. The van der Waals surface area contributed by atoms with Gasteiger partial charge >= 0.3 is 0 Å². The number of hydrogen-bond acceptors (Lipinski definition) is 5. The van der Waals surface area contributed by atoms with Gasteiger partial charge in [-0.3, -0.25) is 4.79 Å². The highest BCUT2D eigenvalue weighted by molar-refractivity contribution is 7.89. The Morgan fingerprint density at radius 3 is 2.10 bits per heavy atom. The lowest BCUT2D eigenvalue weighted by Gasteiger charge is -2.24. The first-order chi connectivity index (χ1) is 14.2. The maximum atomic E-state index is 13.0. The second kappa shape index (κ2) is 10.4. The van der Waals surface area contributed by atoms with E-state index in [1.54, 1.807) is 18.2 Å². The third-order valence-corrected chi connectivity index (χ3v) is 5.82. The third kappa shape index (κ3) is 6.21. The molecule has 0 saturated heterocycles. The molecule has 0 fully saturated rings. The quantitative estimate of drug-likeness (QED) is 0.587. The van der Waals surface area contributed by atoms with Gasteiger partial charge in [0.25, 0.3) is 0 Å². The van der Waals surface area contributed by atoms with Crippen molar-refractivity contribution in [3.8, 4) is 11.5 Å². The number of sulfonamides is 1. The maximum Gasteiger partial charge on any atom is 0.241 e. The van der Waals surface area contributed by atoms with Crippen LogP contribution in [0.1, 0.15) is 46.2 Å². The number of ether oxygens (including phenoxy) is 2. The molecule has 0 aliphatic carbocycles. The fourth-order valence-corrected chi connectivity index (χ4v) is 4.38. The monoisotopic (exact) mass is 434 g/mol. The van der Waals surface area contributed by atoms with Gasteiger partial charge in [0.15, 0.2) is 11.5 Å². The minimum Gasteiger partial charge on any atom is -0.490 e. The van der Waals surface area contributed by atoms with Crippen molar-refractivity contribution in [2.45, 2.75) is 45.6 Å². The van der Waals surface area contributed by atoms with E-state index in [0.717, 1.165) is 5.56 Å². The number of hydrogen-bond donors (Lipinski definition) is 2. The van der Waals surface area contributed by atoms with Crippen LogP contribution < -0.4 is 19.5 Å². The molecule has 2 aromatic carbocycles. The molecule has 0 heterocycles. The molecule has 0 aliphatic heterocycles. The molecule has 1 unspecified atom stereocenters. The van der Waals surface area contributed by atoms with Gasteiger partial charge in [-0.15, -0.1) is 0 Å². The Labute approximate surface area is 178 Å². The molecule has 2 aromatic rings. The van der Waals surface area contributed by atoms with Gasteiger partial charge in [0.05, 0.1) is 18.1 Å². The molecular weight excluding hydrogens is 404 g/mol. The number of nitrogens with one attached hydrogen (secondary N) is 2. The zero-order valence-electron chi connectivity index (χ0n) is 18.1. The van der Waals surface area contributed by atoms with Crippen LogP contribution in [0.5, 0.6) is 11.5 Å². The molecule has 0 aromatic heterocycles. The Kier molecular flexibility index (Phi) is 8.25. The fourth-order valence-electron chi connectivity index (χ4n) is 3.01. The Bertz CT molecular complexity index is 956. The highest BCUT2D eigenvalue weighted by Crippen LogP contribution is 2.33. The Morgan fingerprint density at radius 1 is 0.967 bits per heavy atom. The van der Waals surface area contributed by atoms with E-state index in [4.69, 9.17) is 9.47 Å². The van der Waals surface area contributed by atoms with Crippen LogP contribution in [0.15, 0.2) is 47.4 Å². The second-order valence-corrected chi connectivity index (χ2v) is 8.83. The molecule has 8 heteroatoms. The van der Waals surface area contributed by atoms with Crippen LogP contribution in [-0.2, 0) is 14.8 Å². The summed E-state index contributed by atoms with van der Waals surface area (Å²) >= 11 is 0. The molecule has 164 valence electrons. The molecule has 1 atom stereocenters. The van der Waals surface area contributed by atoms with Crippen LogP contribution in [0, 0.1) is 5.92 Å². The summed E-state index contributed by atoms with van der Waals surface area (Å²) in [4.78, 5) is 11.3. The van der Waals surface area contributed by atoms with Crippen molar-refractivity contribution in [3.63, 3.8) is 0 Å². The average molecular weight is 435 g/mol. The van der Waals surface area contributed by atoms with Gasteiger partial charge in [-0.2, -0.15) is 0 Å². The van der Waals surface area contributed by atoms with E-state index in [2.05, 4.69) is 10.0 Å². The van der Waals surface area contributed by atoms with Crippen molar-refractivity contribution in [3.05, 3.63) is 48.0 Å². The van der Waals surface area contributed by atoms with Crippen LogP contribution in [0.2, 0.25) is 0 Å². The second-order valence-electron chi connectivity index (χ2n) is 7.12. The summed E-state index contributed by atoms with van der Waals surface area (Å²) in [7, 11) is -3.78. The van der Waals surface area contributed by atoms with Crippen LogP contribution >= 0.6 is 0 Å². The van der Waals surface area contributed by atoms with Gasteiger partial charge in [0, 0.05) is 18.7 Å². The largest absolute Gasteiger partial charge is 0.490 e. The van der Waals surface area contributed by atoms with Crippen LogP contribution in [0.3, 0.4) is 0 Å². The molecule has 0 radical (unpaired) electrons. The molecule has 1 amide bonds. The molecule has 0 saturated carbocycles. The topological polar surface area (TPSA) is 93.7 Å². The average Bonchev–Trinajstić information content (AvgIpc) is 2.68. The lowest BCUT2D eigenvalue weighted by atomic mass is 9.97. The van der Waals surface area contributed by atoms with E-state index in [9.17, 15) is 13.2 Å². The van der Waals surface area contributed by atoms with Crippen molar-refractivity contribution in [1.82, 2.24) is 4.72 Å². The molecule has 0 spiro atoms. The van der Waals surface area contributed by atoms with E-state index in [1.165, 1.54) is 19.1 Å². The maximum absolute atomic E-state index is 13.0. The molecule has 0 aliphatic rings. The highest BCUT2D eigenvalue weighted by atomic mass is 32.2. The SMILES string of the molecule is CCOc1ccc(C(NS(=O)(=O)c2ccc(NC(C)=O)cc2)C(C)C)cc1OCC. The summed E-state index contributed by atoms with van der Waals surface area (Å²) in [5, 5.41) is 2.62. The minimum absolute atomic E-state index is 0.00847. The summed E-state index contributed by atoms with van der Waals surface area (Å²) in [6, 6.07) is 11.1. The molecule has 2 N–H and O–H groups in total. The number of amides is 1. The number of carbonyl (C=O) groups is 1. The van der Waals surface area contributed by atoms with Crippen LogP contribution in [-0.4, -0.2) is 27.5 Å². The lowest BCUT2D eigenvalue weighted by molar-refractivity contribution is -0.114. The van der Waals surface area contributed by atoms with Gasteiger partial charge in [-0.25, -0.2) is 13.1 Å². The van der Waals surface area contributed by atoms with Crippen LogP contribution in [0.4, 0.5) is 5.69 Å². The van der Waals surface area contributed by atoms with Crippen LogP contribution in [0.25, 0.3) is 0 Å². The van der Waals surface area contributed by atoms with E-state index in [-0.39, 0.29) is 16.7 Å². The van der Waals surface area contributed by atoms with Crippen molar-refractivity contribution >= 4 is 21.6 Å². The van der Waals surface area contributed by atoms with E-state index < -0.39 is 16.1 Å². The molecule has 2 rings (SSSR count). The van der Waals surface area contributed by atoms with Gasteiger partial charge in [-0.05, 0) is 61.7 Å².